The SMILES string of the molecule is Cc1ccc(CN)c(N2CCOC3CCCC32)c1. The average Bonchev–Trinajstić information content (AvgIpc) is 2.86. The molecule has 1 heterocycles. The summed E-state index contributed by atoms with van der Waals surface area (Å²) in [7, 11) is 0. The summed E-state index contributed by atoms with van der Waals surface area (Å²) in [6, 6.07) is 7.16. The highest BCUT2D eigenvalue weighted by atomic mass is 16.5. The minimum atomic E-state index is 0.435. The second-order valence-electron chi connectivity index (χ2n) is 5.44. The zero-order chi connectivity index (χ0) is 12.5. The Morgan fingerprint density at radius 2 is 2.28 bits per heavy atom. The first kappa shape index (κ1) is 12.0. The summed E-state index contributed by atoms with van der Waals surface area (Å²) in [6.45, 7) is 4.61. The number of ether oxygens (including phenoxy) is 1. The van der Waals surface area contributed by atoms with Crippen molar-refractivity contribution in [3.8, 4) is 0 Å². The molecule has 3 heteroatoms. The highest BCUT2D eigenvalue weighted by Gasteiger charge is 2.36. The van der Waals surface area contributed by atoms with Gasteiger partial charge in [-0.05, 0) is 43.4 Å². The van der Waals surface area contributed by atoms with E-state index in [2.05, 4.69) is 30.0 Å². The van der Waals surface area contributed by atoms with E-state index in [0.29, 0.717) is 18.7 Å². The minimum Gasteiger partial charge on any atom is -0.374 e. The van der Waals surface area contributed by atoms with E-state index in [-0.39, 0.29) is 0 Å². The zero-order valence-corrected chi connectivity index (χ0v) is 11.1. The Bertz CT molecular complexity index is 433. The molecule has 0 spiro atoms. The van der Waals surface area contributed by atoms with Crippen molar-refractivity contribution in [3.63, 3.8) is 0 Å². The van der Waals surface area contributed by atoms with Gasteiger partial charge in [-0.1, -0.05) is 12.1 Å². The molecular weight excluding hydrogens is 224 g/mol. The number of hydrogen-bond donors (Lipinski definition) is 1. The van der Waals surface area contributed by atoms with Gasteiger partial charge in [0, 0.05) is 18.8 Å². The van der Waals surface area contributed by atoms with Crippen LogP contribution in [0.4, 0.5) is 5.69 Å². The molecule has 2 fully saturated rings. The van der Waals surface area contributed by atoms with Gasteiger partial charge in [-0.3, -0.25) is 0 Å². The van der Waals surface area contributed by atoms with Crippen LogP contribution < -0.4 is 10.6 Å². The van der Waals surface area contributed by atoms with Crippen molar-refractivity contribution in [2.24, 2.45) is 5.73 Å². The predicted octanol–water partition coefficient (Wildman–Crippen LogP) is 2.21. The number of nitrogens with zero attached hydrogens (tertiary/aromatic N) is 1. The van der Waals surface area contributed by atoms with Crippen molar-refractivity contribution >= 4 is 5.69 Å². The quantitative estimate of drug-likeness (QED) is 0.869. The average molecular weight is 246 g/mol. The number of fused-ring (bicyclic) bond motifs is 1. The molecule has 2 unspecified atom stereocenters. The van der Waals surface area contributed by atoms with Crippen molar-refractivity contribution in [1.82, 2.24) is 0 Å². The van der Waals surface area contributed by atoms with Crippen LogP contribution in [0.25, 0.3) is 0 Å². The molecule has 1 aliphatic heterocycles. The van der Waals surface area contributed by atoms with E-state index >= 15 is 0 Å². The van der Waals surface area contributed by atoms with Crippen molar-refractivity contribution < 1.29 is 4.74 Å². The molecule has 1 aromatic rings. The topological polar surface area (TPSA) is 38.5 Å². The predicted molar refractivity (Wildman–Crippen MR) is 73.8 cm³/mol. The third-order valence-corrected chi connectivity index (χ3v) is 4.25. The van der Waals surface area contributed by atoms with Crippen LogP contribution >= 0.6 is 0 Å². The Morgan fingerprint density at radius 1 is 1.39 bits per heavy atom. The van der Waals surface area contributed by atoms with Gasteiger partial charge in [0.25, 0.3) is 0 Å². The molecule has 1 aliphatic carbocycles. The summed E-state index contributed by atoms with van der Waals surface area (Å²) < 4.78 is 5.88. The first-order chi connectivity index (χ1) is 8.79. The molecular formula is C15H22N2O. The zero-order valence-electron chi connectivity index (χ0n) is 11.1. The van der Waals surface area contributed by atoms with Crippen LogP contribution in [0.15, 0.2) is 18.2 Å². The fourth-order valence-electron chi connectivity index (χ4n) is 3.34. The van der Waals surface area contributed by atoms with E-state index in [1.807, 2.05) is 0 Å². The first-order valence-electron chi connectivity index (χ1n) is 6.97. The summed E-state index contributed by atoms with van der Waals surface area (Å²) in [6.07, 6.45) is 4.19. The van der Waals surface area contributed by atoms with E-state index in [9.17, 15) is 0 Å². The van der Waals surface area contributed by atoms with Crippen molar-refractivity contribution in [2.75, 3.05) is 18.1 Å². The molecule has 0 amide bonds. The Morgan fingerprint density at radius 3 is 3.11 bits per heavy atom. The number of morpholine rings is 1. The smallest absolute Gasteiger partial charge is 0.0779 e. The number of rotatable bonds is 2. The van der Waals surface area contributed by atoms with Gasteiger partial charge >= 0.3 is 0 Å². The van der Waals surface area contributed by atoms with Gasteiger partial charge < -0.3 is 15.4 Å². The minimum absolute atomic E-state index is 0.435. The molecule has 3 rings (SSSR count). The molecule has 0 aromatic heterocycles. The molecule has 98 valence electrons. The maximum absolute atomic E-state index is 5.89. The summed E-state index contributed by atoms with van der Waals surface area (Å²) in [5, 5.41) is 0. The standard InChI is InChI=1S/C15H22N2O/c1-11-5-6-12(10-16)14(9-11)17-7-8-18-15-4-2-3-13(15)17/h5-6,9,13,15H,2-4,7-8,10,16H2,1H3. The van der Waals surface area contributed by atoms with Crippen molar-refractivity contribution in [2.45, 2.75) is 44.9 Å². The normalized spacial score (nSPS) is 27.3. The van der Waals surface area contributed by atoms with Gasteiger partial charge in [-0.15, -0.1) is 0 Å². The van der Waals surface area contributed by atoms with Gasteiger partial charge in [-0.25, -0.2) is 0 Å². The van der Waals surface area contributed by atoms with Crippen molar-refractivity contribution in [1.29, 1.82) is 0 Å². The molecule has 2 aliphatic rings. The molecule has 3 nitrogen and oxygen atoms in total. The molecule has 2 atom stereocenters. The number of aryl methyl sites for hydroxylation is 1. The molecule has 0 bridgehead atoms. The Labute approximate surface area is 109 Å². The monoisotopic (exact) mass is 246 g/mol. The van der Waals surface area contributed by atoms with Crippen LogP contribution in [0.2, 0.25) is 0 Å². The van der Waals surface area contributed by atoms with E-state index in [1.54, 1.807) is 0 Å². The van der Waals surface area contributed by atoms with Gasteiger partial charge in [0.15, 0.2) is 0 Å². The van der Waals surface area contributed by atoms with E-state index in [0.717, 1.165) is 13.2 Å². The molecule has 1 saturated heterocycles. The Balaban J connectivity index is 1.95. The molecule has 1 saturated carbocycles. The lowest BCUT2D eigenvalue weighted by Crippen LogP contribution is -2.49. The van der Waals surface area contributed by atoms with Crippen LogP contribution in [0.1, 0.15) is 30.4 Å². The largest absolute Gasteiger partial charge is 0.374 e. The molecule has 0 radical (unpaired) electrons. The van der Waals surface area contributed by atoms with Crippen LogP contribution in [-0.2, 0) is 11.3 Å². The lowest BCUT2D eigenvalue weighted by atomic mass is 10.0. The fraction of sp³-hybridized carbons (Fsp3) is 0.600. The molecule has 1 aromatic carbocycles. The lowest BCUT2D eigenvalue weighted by molar-refractivity contribution is 0.0256. The second kappa shape index (κ2) is 4.90. The molecule has 2 N–H and O–H groups in total. The van der Waals surface area contributed by atoms with Crippen LogP contribution in [-0.4, -0.2) is 25.3 Å². The number of benzene rings is 1. The fourth-order valence-corrected chi connectivity index (χ4v) is 3.34. The summed E-state index contributed by atoms with van der Waals surface area (Å²) in [5.41, 5.74) is 9.78. The van der Waals surface area contributed by atoms with Gasteiger partial charge in [-0.2, -0.15) is 0 Å². The van der Waals surface area contributed by atoms with Gasteiger partial charge in [0.1, 0.15) is 0 Å². The summed E-state index contributed by atoms with van der Waals surface area (Å²) >= 11 is 0. The number of hydrogen-bond acceptors (Lipinski definition) is 3. The third kappa shape index (κ3) is 2.02. The third-order valence-electron chi connectivity index (χ3n) is 4.25. The summed E-state index contributed by atoms with van der Waals surface area (Å²) in [4.78, 5) is 2.54. The van der Waals surface area contributed by atoms with E-state index in [1.165, 1.54) is 36.1 Å². The van der Waals surface area contributed by atoms with E-state index in [4.69, 9.17) is 10.5 Å². The number of anilines is 1. The lowest BCUT2D eigenvalue weighted by Gasteiger charge is -2.40. The number of nitrogens with two attached hydrogens (primary N) is 1. The maximum atomic E-state index is 5.89. The highest BCUT2D eigenvalue weighted by Crippen LogP contribution is 2.34. The van der Waals surface area contributed by atoms with Gasteiger partial charge in [0.05, 0.1) is 18.8 Å². The maximum Gasteiger partial charge on any atom is 0.0779 e. The van der Waals surface area contributed by atoms with Gasteiger partial charge in [0.2, 0.25) is 0 Å². The van der Waals surface area contributed by atoms with Crippen LogP contribution in [0.5, 0.6) is 0 Å². The van der Waals surface area contributed by atoms with Crippen molar-refractivity contribution in [3.05, 3.63) is 29.3 Å². The van der Waals surface area contributed by atoms with E-state index < -0.39 is 0 Å². The highest BCUT2D eigenvalue weighted by molar-refractivity contribution is 5.57. The van der Waals surface area contributed by atoms with Crippen LogP contribution in [0.3, 0.4) is 0 Å². The second-order valence-corrected chi connectivity index (χ2v) is 5.44. The Hall–Kier alpha value is -1.06. The Kier molecular flexibility index (Phi) is 3.27. The first-order valence-corrected chi connectivity index (χ1v) is 6.97. The molecule has 18 heavy (non-hydrogen) atoms. The van der Waals surface area contributed by atoms with Crippen LogP contribution in [0, 0.1) is 6.92 Å². The summed E-state index contributed by atoms with van der Waals surface area (Å²) in [5.74, 6) is 0.